The van der Waals surface area contributed by atoms with E-state index < -0.39 is 0 Å². The molecule has 1 heteroatoms. The summed E-state index contributed by atoms with van der Waals surface area (Å²) < 4.78 is 0. The molecule has 0 spiro atoms. The molecule has 0 amide bonds. The van der Waals surface area contributed by atoms with Crippen LogP contribution >= 0.6 is 0 Å². The molecular weight excluding hydrogens is 218 g/mol. The molecule has 18 heavy (non-hydrogen) atoms. The monoisotopic (exact) mass is 237 g/mol. The summed E-state index contributed by atoms with van der Waals surface area (Å²) >= 11 is 0. The van der Waals surface area contributed by atoms with E-state index in [-0.39, 0.29) is 0 Å². The number of hydrogen-bond donors (Lipinski definition) is 0. The summed E-state index contributed by atoms with van der Waals surface area (Å²) in [5.41, 5.74) is 3.83. The molecule has 0 radical (unpaired) electrons. The minimum atomic E-state index is 0.944. The summed E-state index contributed by atoms with van der Waals surface area (Å²) in [5.74, 6) is 0. The fourth-order valence-corrected chi connectivity index (χ4v) is 1.91. The van der Waals surface area contributed by atoms with Gasteiger partial charge in [-0.2, -0.15) is 0 Å². The first-order chi connectivity index (χ1) is 8.77. The van der Waals surface area contributed by atoms with Gasteiger partial charge in [0.2, 0.25) is 0 Å². The molecule has 2 aromatic rings. The third-order valence-corrected chi connectivity index (χ3v) is 2.83. The summed E-state index contributed by atoms with van der Waals surface area (Å²) in [4.78, 5) is 2.17. The Balaban J connectivity index is 2.39. The van der Waals surface area contributed by atoms with Crippen molar-refractivity contribution in [3.63, 3.8) is 0 Å². The molecule has 2 aromatic carbocycles. The molecule has 0 heterocycles. The van der Waals surface area contributed by atoms with Crippen LogP contribution in [-0.4, -0.2) is 25.5 Å². The van der Waals surface area contributed by atoms with Gasteiger partial charge in [0.05, 0.1) is 0 Å². The van der Waals surface area contributed by atoms with Gasteiger partial charge in [-0.1, -0.05) is 66.7 Å². The van der Waals surface area contributed by atoms with E-state index >= 15 is 0 Å². The Bertz CT molecular complexity index is 456. The lowest BCUT2D eigenvalue weighted by Gasteiger charge is -2.11. The topological polar surface area (TPSA) is 3.24 Å². The average molecular weight is 237 g/mol. The highest BCUT2D eigenvalue weighted by Gasteiger charge is 2.03. The lowest BCUT2D eigenvalue weighted by Crippen LogP contribution is -2.11. The molecule has 1 nitrogen and oxygen atoms in total. The highest BCUT2D eigenvalue weighted by molar-refractivity contribution is 5.79. The molecule has 0 N–H and O–H groups in total. The van der Waals surface area contributed by atoms with Crippen LogP contribution in [0.4, 0.5) is 0 Å². The third-order valence-electron chi connectivity index (χ3n) is 2.83. The number of hydrogen-bond acceptors (Lipinski definition) is 1. The van der Waals surface area contributed by atoms with Gasteiger partial charge in [-0.3, -0.25) is 0 Å². The van der Waals surface area contributed by atoms with Crippen LogP contribution in [0.2, 0.25) is 0 Å². The van der Waals surface area contributed by atoms with Gasteiger partial charge in [0.25, 0.3) is 0 Å². The molecule has 0 bridgehead atoms. The first-order valence-corrected chi connectivity index (χ1v) is 6.23. The van der Waals surface area contributed by atoms with E-state index in [1.54, 1.807) is 0 Å². The Morgan fingerprint density at radius 2 is 1.28 bits per heavy atom. The van der Waals surface area contributed by atoms with E-state index in [0.717, 1.165) is 6.54 Å². The summed E-state index contributed by atoms with van der Waals surface area (Å²) in [6.07, 6.45) is 2.28. The fourth-order valence-electron chi connectivity index (χ4n) is 1.91. The molecule has 0 fully saturated rings. The quantitative estimate of drug-likeness (QED) is 0.784. The molecule has 0 aliphatic carbocycles. The Labute approximate surface area is 109 Å². The van der Waals surface area contributed by atoms with Crippen LogP contribution in [-0.2, 0) is 0 Å². The molecule has 0 aliphatic rings. The van der Waals surface area contributed by atoms with Gasteiger partial charge in [0.1, 0.15) is 0 Å². The van der Waals surface area contributed by atoms with Crippen molar-refractivity contribution < 1.29 is 0 Å². The Morgan fingerprint density at radius 3 is 1.67 bits per heavy atom. The predicted octanol–water partition coefficient (Wildman–Crippen LogP) is 3.68. The van der Waals surface area contributed by atoms with E-state index in [9.17, 15) is 0 Å². The zero-order valence-corrected chi connectivity index (χ0v) is 11.0. The van der Waals surface area contributed by atoms with Gasteiger partial charge in [0.15, 0.2) is 0 Å². The van der Waals surface area contributed by atoms with E-state index in [0.29, 0.717) is 0 Å². The lowest BCUT2D eigenvalue weighted by molar-refractivity contribution is 0.457. The molecule has 0 unspecified atom stereocenters. The molecular formula is C17H19N. The minimum absolute atomic E-state index is 0.944. The molecule has 2 rings (SSSR count). The second-order valence-corrected chi connectivity index (χ2v) is 4.61. The Hall–Kier alpha value is -1.86. The van der Waals surface area contributed by atoms with Crippen LogP contribution in [0.1, 0.15) is 11.1 Å². The maximum Gasteiger partial charge on any atom is 0.0166 e. The highest BCUT2D eigenvalue weighted by atomic mass is 15.0. The molecule has 0 aliphatic heterocycles. The third kappa shape index (κ3) is 3.31. The van der Waals surface area contributed by atoms with Crippen molar-refractivity contribution in [1.29, 1.82) is 0 Å². The van der Waals surface area contributed by atoms with E-state index in [1.807, 2.05) is 0 Å². The van der Waals surface area contributed by atoms with Crippen molar-refractivity contribution in [2.45, 2.75) is 0 Å². The van der Waals surface area contributed by atoms with Gasteiger partial charge < -0.3 is 4.90 Å². The molecule has 0 saturated heterocycles. The van der Waals surface area contributed by atoms with Crippen molar-refractivity contribution in [3.8, 4) is 0 Å². The van der Waals surface area contributed by atoms with Crippen molar-refractivity contribution in [1.82, 2.24) is 4.90 Å². The average Bonchev–Trinajstić information content (AvgIpc) is 2.41. The van der Waals surface area contributed by atoms with Crippen LogP contribution in [0.15, 0.2) is 66.7 Å². The van der Waals surface area contributed by atoms with Crippen molar-refractivity contribution >= 4 is 5.57 Å². The first kappa shape index (κ1) is 12.6. The van der Waals surface area contributed by atoms with Crippen molar-refractivity contribution in [2.75, 3.05) is 20.6 Å². The SMILES string of the molecule is CN(C)CC=C(c1ccccc1)c1ccccc1. The van der Waals surface area contributed by atoms with Gasteiger partial charge in [0, 0.05) is 6.54 Å². The zero-order valence-electron chi connectivity index (χ0n) is 11.0. The maximum absolute atomic E-state index is 2.28. The van der Waals surface area contributed by atoms with E-state index in [4.69, 9.17) is 0 Å². The molecule has 0 aromatic heterocycles. The van der Waals surface area contributed by atoms with Crippen LogP contribution in [0.25, 0.3) is 5.57 Å². The molecule has 0 saturated carbocycles. The van der Waals surface area contributed by atoms with Crippen LogP contribution in [0.3, 0.4) is 0 Å². The van der Waals surface area contributed by atoms with Crippen molar-refractivity contribution in [3.05, 3.63) is 77.9 Å². The largest absolute Gasteiger partial charge is 0.306 e. The number of benzene rings is 2. The van der Waals surface area contributed by atoms with Crippen molar-refractivity contribution in [2.24, 2.45) is 0 Å². The maximum atomic E-state index is 2.28. The fraction of sp³-hybridized carbons (Fsp3) is 0.176. The highest BCUT2D eigenvalue weighted by Crippen LogP contribution is 2.22. The summed E-state index contributed by atoms with van der Waals surface area (Å²) in [7, 11) is 4.17. The summed E-state index contributed by atoms with van der Waals surface area (Å²) in [6, 6.07) is 21.1. The van der Waals surface area contributed by atoms with Crippen LogP contribution in [0, 0.1) is 0 Å². The van der Waals surface area contributed by atoms with Gasteiger partial charge >= 0.3 is 0 Å². The lowest BCUT2D eigenvalue weighted by atomic mass is 9.97. The number of nitrogens with zero attached hydrogens (tertiary/aromatic N) is 1. The molecule has 0 atom stereocenters. The van der Waals surface area contributed by atoms with E-state index in [2.05, 4.69) is 85.7 Å². The summed E-state index contributed by atoms with van der Waals surface area (Å²) in [6.45, 7) is 0.944. The smallest absolute Gasteiger partial charge is 0.0166 e. The standard InChI is InChI=1S/C17H19N/c1-18(2)14-13-17(15-9-5-3-6-10-15)16-11-7-4-8-12-16/h3-13H,14H2,1-2H3. The second kappa shape index (κ2) is 6.18. The van der Waals surface area contributed by atoms with Gasteiger partial charge in [-0.25, -0.2) is 0 Å². The van der Waals surface area contributed by atoms with Gasteiger partial charge in [-0.05, 0) is 30.8 Å². The summed E-state index contributed by atoms with van der Waals surface area (Å²) in [5, 5.41) is 0. The normalized spacial score (nSPS) is 10.4. The van der Waals surface area contributed by atoms with E-state index in [1.165, 1.54) is 16.7 Å². The number of likely N-dealkylation sites (N-methyl/N-ethyl adjacent to an activating group) is 1. The van der Waals surface area contributed by atoms with Crippen LogP contribution in [0.5, 0.6) is 0 Å². The number of rotatable bonds is 4. The predicted molar refractivity (Wildman–Crippen MR) is 78.5 cm³/mol. The zero-order chi connectivity index (χ0) is 12.8. The van der Waals surface area contributed by atoms with Gasteiger partial charge in [-0.15, -0.1) is 0 Å². The van der Waals surface area contributed by atoms with Crippen LogP contribution < -0.4 is 0 Å². The second-order valence-electron chi connectivity index (χ2n) is 4.61. The Kier molecular flexibility index (Phi) is 4.32. The minimum Gasteiger partial charge on any atom is -0.306 e. The first-order valence-electron chi connectivity index (χ1n) is 6.23. The Morgan fingerprint density at radius 1 is 0.833 bits per heavy atom. The molecule has 92 valence electrons.